The smallest absolute Gasteiger partial charge is 0.252 e. The lowest BCUT2D eigenvalue weighted by Crippen LogP contribution is -2.25. The largest absolute Gasteiger partial charge is 0.385 e. The number of aromatic nitrogens is 1. The number of pyridine rings is 1. The van der Waals surface area contributed by atoms with Crippen molar-refractivity contribution in [1.29, 1.82) is 0 Å². The molecule has 0 saturated heterocycles. The average molecular weight is 279 g/mol. The zero-order valence-electron chi connectivity index (χ0n) is 12.6. The number of carbonyl (C=O) groups is 1. The van der Waals surface area contributed by atoms with Crippen molar-refractivity contribution in [3.05, 3.63) is 23.9 Å². The van der Waals surface area contributed by atoms with Crippen molar-refractivity contribution in [3.63, 3.8) is 0 Å². The van der Waals surface area contributed by atoms with Crippen molar-refractivity contribution in [2.45, 2.75) is 26.7 Å². The highest BCUT2D eigenvalue weighted by atomic mass is 16.5. The second-order valence-corrected chi connectivity index (χ2v) is 5.14. The number of hydrogen-bond acceptors (Lipinski definition) is 4. The van der Waals surface area contributed by atoms with E-state index in [0.717, 1.165) is 31.8 Å². The second kappa shape index (κ2) is 9.31. The van der Waals surface area contributed by atoms with Crippen LogP contribution in [0.25, 0.3) is 0 Å². The monoisotopic (exact) mass is 279 g/mol. The van der Waals surface area contributed by atoms with Gasteiger partial charge in [0.1, 0.15) is 5.82 Å². The molecular formula is C15H25N3O2. The summed E-state index contributed by atoms with van der Waals surface area (Å²) in [6.45, 7) is 6.51. The minimum Gasteiger partial charge on any atom is -0.385 e. The lowest BCUT2D eigenvalue weighted by Gasteiger charge is -2.08. The molecule has 1 rings (SSSR count). The molecule has 0 aliphatic carbocycles. The first-order chi connectivity index (χ1) is 9.63. The van der Waals surface area contributed by atoms with Crippen LogP contribution in [0.5, 0.6) is 0 Å². The van der Waals surface area contributed by atoms with Crippen LogP contribution < -0.4 is 10.6 Å². The van der Waals surface area contributed by atoms with E-state index in [0.29, 0.717) is 18.0 Å². The highest BCUT2D eigenvalue weighted by molar-refractivity contribution is 5.93. The summed E-state index contributed by atoms with van der Waals surface area (Å²) in [4.78, 5) is 16.1. The molecule has 0 fully saturated rings. The molecule has 5 nitrogen and oxygen atoms in total. The Morgan fingerprint density at radius 3 is 2.75 bits per heavy atom. The number of nitrogens with one attached hydrogen (secondary N) is 2. The molecule has 5 heteroatoms. The van der Waals surface area contributed by atoms with Crippen LogP contribution in [-0.4, -0.2) is 37.7 Å². The van der Waals surface area contributed by atoms with Crippen LogP contribution in [0.1, 0.15) is 37.0 Å². The van der Waals surface area contributed by atoms with Crippen molar-refractivity contribution in [2.75, 3.05) is 32.1 Å². The molecule has 0 aromatic carbocycles. The number of anilines is 1. The van der Waals surface area contributed by atoms with Crippen molar-refractivity contribution >= 4 is 11.7 Å². The SMILES string of the molecule is COCCCNc1ccc(C(=O)NCCC(C)C)cn1. The van der Waals surface area contributed by atoms with E-state index in [1.165, 1.54) is 0 Å². The molecule has 0 atom stereocenters. The van der Waals surface area contributed by atoms with Gasteiger partial charge in [-0.1, -0.05) is 13.8 Å². The fourth-order valence-electron chi connectivity index (χ4n) is 1.64. The van der Waals surface area contributed by atoms with E-state index in [9.17, 15) is 4.79 Å². The van der Waals surface area contributed by atoms with Gasteiger partial charge in [-0.05, 0) is 30.9 Å². The van der Waals surface area contributed by atoms with Gasteiger partial charge in [0.15, 0.2) is 0 Å². The zero-order chi connectivity index (χ0) is 14.8. The zero-order valence-corrected chi connectivity index (χ0v) is 12.6. The maximum Gasteiger partial charge on any atom is 0.252 e. The lowest BCUT2D eigenvalue weighted by atomic mass is 10.1. The summed E-state index contributed by atoms with van der Waals surface area (Å²) in [5.74, 6) is 1.30. The van der Waals surface area contributed by atoms with E-state index in [1.807, 2.05) is 6.07 Å². The van der Waals surface area contributed by atoms with E-state index < -0.39 is 0 Å². The van der Waals surface area contributed by atoms with E-state index in [2.05, 4.69) is 29.5 Å². The van der Waals surface area contributed by atoms with Gasteiger partial charge in [0, 0.05) is 33.0 Å². The second-order valence-electron chi connectivity index (χ2n) is 5.14. The summed E-state index contributed by atoms with van der Waals surface area (Å²) in [5.41, 5.74) is 0.594. The van der Waals surface area contributed by atoms with Crippen molar-refractivity contribution in [1.82, 2.24) is 10.3 Å². The third kappa shape index (κ3) is 6.52. The van der Waals surface area contributed by atoms with Gasteiger partial charge in [-0.2, -0.15) is 0 Å². The molecule has 0 aliphatic heterocycles. The molecule has 0 radical (unpaired) electrons. The molecular weight excluding hydrogens is 254 g/mol. The Bertz CT molecular complexity index is 391. The molecule has 1 heterocycles. The predicted octanol–water partition coefficient (Wildman–Crippen LogP) is 2.31. The summed E-state index contributed by atoms with van der Waals surface area (Å²) >= 11 is 0. The normalized spacial score (nSPS) is 10.6. The Balaban J connectivity index is 2.35. The van der Waals surface area contributed by atoms with Crippen LogP contribution in [0, 0.1) is 5.92 Å². The summed E-state index contributed by atoms with van der Waals surface area (Å²) in [6, 6.07) is 3.61. The number of carbonyl (C=O) groups excluding carboxylic acids is 1. The molecule has 1 amide bonds. The van der Waals surface area contributed by atoms with Crippen molar-refractivity contribution < 1.29 is 9.53 Å². The first-order valence-electron chi connectivity index (χ1n) is 7.10. The van der Waals surface area contributed by atoms with Gasteiger partial charge in [0.2, 0.25) is 0 Å². The number of hydrogen-bond donors (Lipinski definition) is 2. The van der Waals surface area contributed by atoms with Crippen LogP contribution in [0.3, 0.4) is 0 Å². The van der Waals surface area contributed by atoms with Gasteiger partial charge in [0.25, 0.3) is 5.91 Å². The lowest BCUT2D eigenvalue weighted by molar-refractivity contribution is 0.0951. The molecule has 20 heavy (non-hydrogen) atoms. The molecule has 2 N–H and O–H groups in total. The van der Waals surface area contributed by atoms with Gasteiger partial charge in [-0.25, -0.2) is 4.98 Å². The van der Waals surface area contributed by atoms with Crippen LogP contribution >= 0.6 is 0 Å². The minimum absolute atomic E-state index is 0.0657. The third-order valence-corrected chi connectivity index (χ3v) is 2.86. The topological polar surface area (TPSA) is 63.2 Å². The van der Waals surface area contributed by atoms with Gasteiger partial charge < -0.3 is 15.4 Å². The summed E-state index contributed by atoms with van der Waals surface area (Å²) in [7, 11) is 1.69. The molecule has 0 aliphatic rings. The maximum absolute atomic E-state index is 11.8. The molecule has 1 aromatic rings. The molecule has 0 saturated carbocycles. The fourth-order valence-corrected chi connectivity index (χ4v) is 1.64. The first kappa shape index (κ1) is 16.4. The Morgan fingerprint density at radius 1 is 1.35 bits per heavy atom. The van der Waals surface area contributed by atoms with Crippen LogP contribution in [0.2, 0.25) is 0 Å². The number of rotatable bonds is 9. The molecule has 1 aromatic heterocycles. The highest BCUT2D eigenvalue weighted by Crippen LogP contribution is 2.05. The van der Waals surface area contributed by atoms with Gasteiger partial charge in [-0.15, -0.1) is 0 Å². The molecule has 0 unspecified atom stereocenters. The first-order valence-corrected chi connectivity index (χ1v) is 7.10. The fraction of sp³-hybridized carbons (Fsp3) is 0.600. The Morgan fingerprint density at radius 2 is 2.15 bits per heavy atom. The molecule has 0 bridgehead atoms. The summed E-state index contributed by atoms with van der Waals surface area (Å²) < 4.78 is 4.97. The summed E-state index contributed by atoms with van der Waals surface area (Å²) in [5, 5.41) is 6.07. The van der Waals surface area contributed by atoms with Crippen LogP contribution in [0.4, 0.5) is 5.82 Å². The number of nitrogens with zero attached hydrogens (tertiary/aromatic N) is 1. The van der Waals surface area contributed by atoms with Gasteiger partial charge in [0.05, 0.1) is 5.56 Å². The predicted molar refractivity (Wildman–Crippen MR) is 81.0 cm³/mol. The standard InChI is InChI=1S/C15H25N3O2/c1-12(2)7-9-17-15(19)13-5-6-14(18-11-13)16-8-4-10-20-3/h5-6,11-12H,4,7-10H2,1-3H3,(H,16,18)(H,17,19). The van der Waals surface area contributed by atoms with Crippen LogP contribution in [0.15, 0.2) is 18.3 Å². The Hall–Kier alpha value is -1.62. The van der Waals surface area contributed by atoms with Gasteiger partial charge in [-0.3, -0.25) is 4.79 Å². The number of methoxy groups -OCH3 is 1. The van der Waals surface area contributed by atoms with Crippen molar-refractivity contribution in [3.8, 4) is 0 Å². The van der Waals surface area contributed by atoms with E-state index >= 15 is 0 Å². The Kier molecular flexibility index (Phi) is 7.65. The molecule has 0 spiro atoms. The Labute approximate surface area is 121 Å². The van der Waals surface area contributed by atoms with E-state index in [4.69, 9.17) is 4.74 Å². The summed E-state index contributed by atoms with van der Waals surface area (Å²) in [6.07, 6.45) is 3.51. The average Bonchev–Trinajstić information content (AvgIpc) is 2.44. The van der Waals surface area contributed by atoms with Crippen molar-refractivity contribution in [2.24, 2.45) is 5.92 Å². The number of amides is 1. The van der Waals surface area contributed by atoms with E-state index in [-0.39, 0.29) is 5.91 Å². The maximum atomic E-state index is 11.8. The highest BCUT2D eigenvalue weighted by Gasteiger charge is 2.05. The van der Waals surface area contributed by atoms with E-state index in [1.54, 1.807) is 19.4 Å². The van der Waals surface area contributed by atoms with Gasteiger partial charge >= 0.3 is 0 Å². The molecule has 112 valence electrons. The number of ether oxygens (including phenoxy) is 1. The minimum atomic E-state index is -0.0657. The quantitative estimate of drug-likeness (QED) is 0.681. The third-order valence-electron chi connectivity index (χ3n) is 2.86. The van der Waals surface area contributed by atoms with Crippen LogP contribution in [-0.2, 0) is 4.74 Å².